The highest BCUT2D eigenvalue weighted by Crippen LogP contribution is 2.24. The highest BCUT2D eigenvalue weighted by atomic mass is 16.2. The number of aromatic amines is 1. The van der Waals surface area contributed by atoms with E-state index in [9.17, 15) is 14.4 Å². The molecule has 9 heteroatoms. The molecule has 1 saturated heterocycles. The van der Waals surface area contributed by atoms with Crippen LogP contribution in [0.25, 0.3) is 16.6 Å². The van der Waals surface area contributed by atoms with E-state index in [1.807, 2.05) is 68.6 Å². The summed E-state index contributed by atoms with van der Waals surface area (Å²) < 4.78 is 1.76. The molecule has 3 heterocycles. The van der Waals surface area contributed by atoms with Crippen LogP contribution in [0.3, 0.4) is 0 Å². The van der Waals surface area contributed by atoms with E-state index < -0.39 is 23.9 Å². The summed E-state index contributed by atoms with van der Waals surface area (Å²) in [6.07, 6.45) is 2.19. The Morgan fingerprint density at radius 3 is 2.57 bits per heavy atom. The van der Waals surface area contributed by atoms with Gasteiger partial charge in [-0.25, -0.2) is 9.48 Å². The molecule has 5 rings (SSSR count). The minimum atomic E-state index is -0.720. The lowest BCUT2D eigenvalue weighted by Crippen LogP contribution is -2.38. The summed E-state index contributed by atoms with van der Waals surface area (Å²) in [5.41, 5.74) is 5.89. The third-order valence-corrected chi connectivity index (χ3v) is 6.34. The Balaban J connectivity index is 1.27. The van der Waals surface area contributed by atoms with Crippen LogP contribution in [0.1, 0.15) is 22.5 Å². The van der Waals surface area contributed by atoms with Gasteiger partial charge in [0.1, 0.15) is 12.6 Å². The number of urea groups is 1. The number of carbonyl (C=O) groups excluding carboxylic acids is 3. The van der Waals surface area contributed by atoms with Gasteiger partial charge in [0.05, 0.1) is 22.8 Å². The molecule has 1 atom stereocenters. The number of carbonyl (C=O) groups is 3. The summed E-state index contributed by atoms with van der Waals surface area (Å²) in [7, 11) is 0. The first-order chi connectivity index (χ1) is 16.8. The fraction of sp³-hybridized carbons (Fsp3) is 0.231. The molecule has 0 radical (unpaired) electrons. The van der Waals surface area contributed by atoms with Crippen molar-refractivity contribution < 1.29 is 14.4 Å². The van der Waals surface area contributed by atoms with Crippen molar-refractivity contribution in [2.45, 2.75) is 33.2 Å². The number of aryl methyl sites for hydroxylation is 2. The second-order valence-electron chi connectivity index (χ2n) is 8.83. The zero-order valence-corrected chi connectivity index (χ0v) is 19.8. The minimum Gasteiger partial charge on any atom is -0.361 e. The molecule has 178 valence electrons. The number of H-pyrrole nitrogens is 1. The Hall–Kier alpha value is -4.40. The van der Waals surface area contributed by atoms with Gasteiger partial charge >= 0.3 is 6.03 Å². The maximum atomic E-state index is 13.0. The van der Waals surface area contributed by atoms with Gasteiger partial charge in [-0.3, -0.25) is 14.5 Å². The van der Waals surface area contributed by atoms with E-state index in [4.69, 9.17) is 0 Å². The summed E-state index contributed by atoms with van der Waals surface area (Å²) in [6.45, 7) is 5.31. The van der Waals surface area contributed by atoms with E-state index in [0.717, 1.165) is 38.3 Å². The van der Waals surface area contributed by atoms with Gasteiger partial charge < -0.3 is 15.6 Å². The normalized spacial score (nSPS) is 15.6. The summed E-state index contributed by atoms with van der Waals surface area (Å²) >= 11 is 0. The van der Waals surface area contributed by atoms with Crippen LogP contribution in [0.15, 0.2) is 54.7 Å². The van der Waals surface area contributed by atoms with Crippen molar-refractivity contribution in [2.24, 2.45) is 0 Å². The van der Waals surface area contributed by atoms with Crippen molar-refractivity contribution in [3.05, 3.63) is 77.2 Å². The predicted octanol–water partition coefficient (Wildman–Crippen LogP) is 3.38. The number of amides is 4. The number of imide groups is 1. The second-order valence-corrected chi connectivity index (χ2v) is 8.83. The van der Waals surface area contributed by atoms with E-state index in [2.05, 4.69) is 20.7 Å². The summed E-state index contributed by atoms with van der Waals surface area (Å²) in [6, 6.07) is 14.4. The molecule has 1 aliphatic heterocycles. The van der Waals surface area contributed by atoms with Crippen LogP contribution in [0.2, 0.25) is 0 Å². The smallest absolute Gasteiger partial charge is 0.325 e. The Labute approximate surface area is 202 Å². The van der Waals surface area contributed by atoms with Crippen LogP contribution in [-0.4, -0.2) is 50.1 Å². The maximum absolute atomic E-state index is 13.0. The standard InChI is InChI=1S/C26H26N6O3/c1-15-8-10-19(11-9-15)32-17(3)24(16(2)30-32)29-23(33)14-31-25(34)22(28-26(31)35)12-18-13-27-21-7-5-4-6-20(18)21/h4-11,13,22,27H,12,14H2,1-3H3,(H,28,35)(H,29,33)/t22-/m0/s1. The van der Waals surface area contributed by atoms with Gasteiger partial charge in [0.2, 0.25) is 5.91 Å². The number of para-hydroxylation sites is 1. The maximum Gasteiger partial charge on any atom is 0.325 e. The second kappa shape index (κ2) is 8.75. The Kier molecular flexibility index (Phi) is 5.60. The van der Waals surface area contributed by atoms with E-state index in [0.29, 0.717) is 17.8 Å². The van der Waals surface area contributed by atoms with Crippen molar-refractivity contribution in [2.75, 3.05) is 11.9 Å². The fourth-order valence-corrected chi connectivity index (χ4v) is 4.47. The van der Waals surface area contributed by atoms with Gasteiger partial charge in [-0.05, 0) is 44.5 Å². The Bertz CT molecular complexity index is 1450. The number of benzene rings is 2. The highest BCUT2D eigenvalue weighted by molar-refractivity contribution is 6.08. The average molecular weight is 471 g/mol. The number of rotatable bonds is 6. The quantitative estimate of drug-likeness (QED) is 0.375. The van der Waals surface area contributed by atoms with Gasteiger partial charge in [0.25, 0.3) is 5.91 Å². The van der Waals surface area contributed by atoms with Crippen molar-refractivity contribution in [1.82, 2.24) is 25.0 Å². The molecule has 35 heavy (non-hydrogen) atoms. The number of nitrogens with one attached hydrogen (secondary N) is 3. The van der Waals surface area contributed by atoms with Crippen molar-refractivity contribution in [3.8, 4) is 5.69 Å². The topological polar surface area (TPSA) is 112 Å². The zero-order chi connectivity index (χ0) is 24.7. The first-order valence-electron chi connectivity index (χ1n) is 11.4. The molecule has 0 spiro atoms. The van der Waals surface area contributed by atoms with E-state index in [-0.39, 0.29) is 6.54 Å². The van der Waals surface area contributed by atoms with Crippen LogP contribution in [-0.2, 0) is 16.0 Å². The summed E-state index contributed by atoms with van der Waals surface area (Å²) in [5, 5.41) is 11.1. The number of nitrogens with zero attached hydrogens (tertiary/aromatic N) is 3. The number of hydrogen-bond donors (Lipinski definition) is 3. The van der Waals surface area contributed by atoms with Gasteiger partial charge in [0.15, 0.2) is 0 Å². The molecule has 1 aliphatic rings. The van der Waals surface area contributed by atoms with Crippen molar-refractivity contribution in [1.29, 1.82) is 0 Å². The van der Waals surface area contributed by atoms with E-state index in [1.165, 1.54) is 0 Å². The molecule has 0 bridgehead atoms. The van der Waals surface area contributed by atoms with Crippen LogP contribution in [0.5, 0.6) is 0 Å². The molecular weight excluding hydrogens is 444 g/mol. The van der Waals surface area contributed by atoms with Crippen LogP contribution >= 0.6 is 0 Å². The van der Waals surface area contributed by atoms with E-state index in [1.54, 1.807) is 11.6 Å². The number of aromatic nitrogens is 3. The molecule has 0 unspecified atom stereocenters. The SMILES string of the molecule is Cc1ccc(-n2nc(C)c(NC(=O)CN3C(=O)N[C@@H](Cc4c[nH]c5ccccc45)C3=O)c2C)cc1. The highest BCUT2D eigenvalue weighted by Gasteiger charge is 2.39. The number of fused-ring (bicyclic) bond motifs is 1. The number of anilines is 1. The Morgan fingerprint density at radius 1 is 1.06 bits per heavy atom. The molecule has 2 aromatic heterocycles. The van der Waals surface area contributed by atoms with Crippen molar-refractivity contribution in [3.63, 3.8) is 0 Å². The molecule has 2 aromatic carbocycles. The predicted molar refractivity (Wildman–Crippen MR) is 132 cm³/mol. The lowest BCUT2D eigenvalue weighted by atomic mass is 10.1. The van der Waals surface area contributed by atoms with Gasteiger partial charge in [-0.2, -0.15) is 5.10 Å². The first kappa shape index (κ1) is 22.4. The summed E-state index contributed by atoms with van der Waals surface area (Å²) in [5.74, 6) is -0.880. The zero-order valence-electron chi connectivity index (χ0n) is 19.8. The van der Waals surface area contributed by atoms with Crippen LogP contribution in [0.4, 0.5) is 10.5 Å². The van der Waals surface area contributed by atoms with Crippen LogP contribution in [0, 0.1) is 20.8 Å². The molecule has 4 aromatic rings. The third kappa shape index (κ3) is 4.16. The van der Waals surface area contributed by atoms with Gasteiger partial charge in [0, 0.05) is 23.5 Å². The molecule has 0 aliphatic carbocycles. The third-order valence-electron chi connectivity index (χ3n) is 6.34. The average Bonchev–Trinajstić information content (AvgIpc) is 3.46. The molecule has 3 N–H and O–H groups in total. The molecule has 0 saturated carbocycles. The van der Waals surface area contributed by atoms with Crippen molar-refractivity contribution >= 4 is 34.4 Å². The minimum absolute atomic E-state index is 0.342. The fourth-order valence-electron chi connectivity index (χ4n) is 4.47. The molecular formula is C26H26N6O3. The Morgan fingerprint density at radius 2 is 1.80 bits per heavy atom. The lowest BCUT2D eigenvalue weighted by molar-refractivity contribution is -0.130. The molecule has 1 fully saturated rings. The van der Waals surface area contributed by atoms with Gasteiger partial charge in [-0.15, -0.1) is 0 Å². The van der Waals surface area contributed by atoms with Crippen LogP contribution < -0.4 is 10.6 Å². The largest absolute Gasteiger partial charge is 0.361 e. The van der Waals surface area contributed by atoms with E-state index >= 15 is 0 Å². The monoisotopic (exact) mass is 470 g/mol. The summed E-state index contributed by atoms with van der Waals surface area (Å²) in [4.78, 5) is 42.4. The molecule has 9 nitrogen and oxygen atoms in total. The molecule has 4 amide bonds. The van der Waals surface area contributed by atoms with Gasteiger partial charge in [-0.1, -0.05) is 35.9 Å². The number of hydrogen-bond acceptors (Lipinski definition) is 4. The first-order valence-corrected chi connectivity index (χ1v) is 11.4. The lowest BCUT2D eigenvalue weighted by Gasteiger charge is -2.13.